The zero-order valence-corrected chi connectivity index (χ0v) is 22.4. The van der Waals surface area contributed by atoms with Gasteiger partial charge in [0, 0.05) is 24.5 Å². The molecular formula is C26H20Cl2F4N6O2. The van der Waals surface area contributed by atoms with E-state index < -0.39 is 28.8 Å². The number of hydrogen-bond donors (Lipinski definition) is 1. The number of hydrazone groups is 1. The number of anilines is 2. The molecular weight excluding hydrogens is 575 g/mol. The molecule has 0 saturated heterocycles. The van der Waals surface area contributed by atoms with Gasteiger partial charge >= 0.3 is 11.9 Å². The molecule has 208 valence electrons. The van der Waals surface area contributed by atoms with Gasteiger partial charge in [-0.2, -0.15) is 18.3 Å². The van der Waals surface area contributed by atoms with E-state index in [9.17, 15) is 27.2 Å². The van der Waals surface area contributed by atoms with Crippen molar-refractivity contribution in [3.05, 3.63) is 120 Å². The molecule has 0 aliphatic heterocycles. The second-order valence-electron chi connectivity index (χ2n) is 8.55. The summed E-state index contributed by atoms with van der Waals surface area (Å²) in [4.78, 5) is 30.7. The quantitative estimate of drug-likeness (QED) is 0.170. The number of benzene rings is 2. The summed E-state index contributed by atoms with van der Waals surface area (Å²) in [6, 6.07) is 12.5. The van der Waals surface area contributed by atoms with Crippen LogP contribution in [0.2, 0.25) is 10.0 Å². The Balaban J connectivity index is 1.83. The lowest BCUT2D eigenvalue weighted by molar-refractivity contribution is -0.137. The lowest BCUT2D eigenvalue weighted by Crippen LogP contribution is -2.48. The van der Waals surface area contributed by atoms with Gasteiger partial charge in [-0.25, -0.2) is 18.8 Å². The van der Waals surface area contributed by atoms with Gasteiger partial charge in [-0.3, -0.25) is 19.8 Å². The van der Waals surface area contributed by atoms with Crippen molar-refractivity contribution in [3.63, 3.8) is 0 Å². The van der Waals surface area contributed by atoms with Crippen LogP contribution in [0.15, 0.2) is 81.7 Å². The van der Waals surface area contributed by atoms with Crippen molar-refractivity contribution in [2.75, 3.05) is 17.5 Å². The average molecular weight is 595 g/mol. The van der Waals surface area contributed by atoms with Crippen LogP contribution in [0.5, 0.6) is 0 Å². The number of hydrogen-bond acceptors (Lipinski definition) is 6. The molecule has 2 aromatic heterocycles. The molecule has 0 unspecified atom stereocenters. The molecule has 4 aromatic rings. The highest BCUT2D eigenvalue weighted by Gasteiger charge is 2.32. The summed E-state index contributed by atoms with van der Waals surface area (Å²) in [7, 11) is 1.35. The van der Waals surface area contributed by atoms with E-state index in [1.807, 2.05) is 0 Å². The van der Waals surface area contributed by atoms with E-state index in [1.165, 1.54) is 44.4 Å². The van der Waals surface area contributed by atoms with Crippen molar-refractivity contribution in [2.24, 2.45) is 5.10 Å². The Morgan fingerprint density at radius 2 is 1.73 bits per heavy atom. The van der Waals surface area contributed by atoms with Gasteiger partial charge in [-0.1, -0.05) is 35.3 Å². The largest absolute Gasteiger partial charge is 0.417 e. The third-order valence-corrected chi connectivity index (χ3v) is 6.30. The first-order valence-electron chi connectivity index (χ1n) is 11.5. The van der Waals surface area contributed by atoms with Gasteiger partial charge in [-0.15, -0.1) is 0 Å². The molecule has 8 nitrogen and oxygen atoms in total. The minimum absolute atomic E-state index is 0.0157. The molecule has 0 bridgehead atoms. The van der Waals surface area contributed by atoms with Crippen molar-refractivity contribution >= 4 is 40.4 Å². The highest BCUT2D eigenvalue weighted by atomic mass is 35.5. The molecule has 0 amide bonds. The van der Waals surface area contributed by atoms with Crippen LogP contribution in [-0.2, 0) is 12.7 Å². The number of rotatable bonds is 7. The maximum Gasteiger partial charge on any atom is 0.417 e. The van der Waals surface area contributed by atoms with Crippen molar-refractivity contribution < 1.29 is 17.6 Å². The topological polar surface area (TPSA) is 84.5 Å². The fraction of sp³-hybridized carbons (Fsp3) is 0.154. The van der Waals surface area contributed by atoms with Crippen molar-refractivity contribution in [1.29, 1.82) is 0 Å². The van der Waals surface area contributed by atoms with Gasteiger partial charge in [0.05, 0.1) is 34.1 Å². The van der Waals surface area contributed by atoms with Crippen molar-refractivity contribution in [3.8, 4) is 0 Å². The normalized spacial score (nSPS) is 11.9. The molecule has 14 heteroatoms. The zero-order chi connectivity index (χ0) is 29.2. The highest BCUT2D eigenvalue weighted by molar-refractivity contribution is 6.33. The SMILES string of the molecule is C/C(=N\Nc1ccc(Cl)cc1)c1cn(N(C)c2ncc(C(F)(F)F)cc2Cl)c(=O)n(Cc2ccc(F)cc2)c1=O. The van der Waals surface area contributed by atoms with E-state index in [2.05, 4.69) is 15.5 Å². The Morgan fingerprint density at radius 3 is 2.33 bits per heavy atom. The molecule has 0 aliphatic rings. The van der Waals surface area contributed by atoms with E-state index in [1.54, 1.807) is 24.3 Å². The van der Waals surface area contributed by atoms with Gasteiger partial charge in [0.15, 0.2) is 5.82 Å². The summed E-state index contributed by atoms with van der Waals surface area (Å²) in [5.74, 6) is -0.676. The Kier molecular flexibility index (Phi) is 8.31. The van der Waals surface area contributed by atoms with E-state index in [0.717, 1.165) is 14.3 Å². The lowest BCUT2D eigenvalue weighted by atomic mass is 10.2. The second-order valence-corrected chi connectivity index (χ2v) is 9.40. The Bertz CT molecular complexity index is 1680. The first kappa shape index (κ1) is 28.8. The Hall–Kier alpha value is -4.16. The zero-order valence-electron chi connectivity index (χ0n) is 20.9. The standard InChI is InChI=1S/C26H20Cl2F4N6O2/c1-15(34-35-20-9-5-18(27)6-10-20)21-14-38(36(2)23-22(28)11-17(12-33-23)26(30,31)32)25(40)37(24(21)39)13-16-3-7-19(29)8-4-16/h3-12,14,35H,13H2,1-2H3/b34-15+. The summed E-state index contributed by atoms with van der Waals surface area (Å²) in [5, 5.41) is 5.48. The van der Waals surface area contributed by atoms with E-state index >= 15 is 0 Å². The van der Waals surface area contributed by atoms with Crippen molar-refractivity contribution in [1.82, 2.24) is 14.2 Å². The maximum atomic E-state index is 13.5. The second kappa shape index (κ2) is 11.5. The van der Waals surface area contributed by atoms with Gasteiger partial charge in [0.2, 0.25) is 0 Å². The number of alkyl halides is 3. The molecule has 0 fully saturated rings. The van der Waals surface area contributed by atoms with Gasteiger partial charge in [0.25, 0.3) is 5.56 Å². The van der Waals surface area contributed by atoms with Crippen LogP contribution >= 0.6 is 23.2 Å². The summed E-state index contributed by atoms with van der Waals surface area (Å²) in [6.45, 7) is 1.30. The maximum absolute atomic E-state index is 13.5. The summed E-state index contributed by atoms with van der Waals surface area (Å²) >= 11 is 12.0. The van der Waals surface area contributed by atoms with E-state index in [0.29, 0.717) is 28.5 Å². The van der Waals surface area contributed by atoms with Crippen LogP contribution in [0.3, 0.4) is 0 Å². The fourth-order valence-electron chi connectivity index (χ4n) is 3.62. The first-order valence-corrected chi connectivity index (χ1v) is 12.2. The Morgan fingerprint density at radius 1 is 1.07 bits per heavy atom. The molecule has 1 N–H and O–H groups in total. The van der Waals surface area contributed by atoms with E-state index in [4.69, 9.17) is 23.2 Å². The number of halogens is 6. The monoisotopic (exact) mass is 594 g/mol. The number of pyridine rings is 1. The van der Waals surface area contributed by atoms with Crippen LogP contribution in [0.25, 0.3) is 0 Å². The molecule has 0 spiro atoms. The number of nitrogens with one attached hydrogen (secondary N) is 1. The number of aromatic nitrogens is 3. The summed E-state index contributed by atoms with van der Waals surface area (Å²) in [6.07, 6.45) is -2.91. The van der Waals surface area contributed by atoms with Crippen LogP contribution in [0.1, 0.15) is 23.6 Å². The molecule has 40 heavy (non-hydrogen) atoms. The minimum atomic E-state index is -4.68. The third kappa shape index (κ3) is 6.35. The highest BCUT2D eigenvalue weighted by Crippen LogP contribution is 2.33. The summed E-state index contributed by atoms with van der Waals surface area (Å²) in [5.41, 5.74) is 1.36. The molecule has 4 rings (SSSR count). The van der Waals surface area contributed by atoms with Crippen LogP contribution in [0, 0.1) is 5.82 Å². The predicted molar refractivity (Wildman–Crippen MR) is 146 cm³/mol. The molecule has 2 heterocycles. The average Bonchev–Trinajstić information content (AvgIpc) is 2.91. The van der Waals surface area contributed by atoms with Crippen LogP contribution < -0.4 is 21.7 Å². The van der Waals surface area contributed by atoms with Crippen molar-refractivity contribution in [2.45, 2.75) is 19.6 Å². The van der Waals surface area contributed by atoms with Crippen LogP contribution in [0.4, 0.5) is 29.1 Å². The minimum Gasteiger partial charge on any atom is -0.278 e. The van der Waals surface area contributed by atoms with Crippen LogP contribution in [-0.4, -0.2) is 27.0 Å². The third-order valence-electron chi connectivity index (χ3n) is 5.77. The predicted octanol–water partition coefficient (Wildman–Crippen LogP) is 5.65. The lowest BCUT2D eigenvalue weighted by Gasteiger charge is -2.23. The molecule has 0 aliphatic carbocycles. The molecule has 0 saturated carbocycles. The number of nitrogens with zero attached hydrogens (tertiary/aromatic N) is 5. The fourth-order valence-corrected chi connectivity index (χ4v) is 4.04. The Labute approximate surface area is 234 Å². The summed E-state index contributed by atoms with van der Waals surface area (Å²) < 4.78 is 54.7. The van der Waals surface area contributed by atoms with Gasteiger partial charge < -0.3 is 0 Å². The van der Waals surface area contributed by atoms with Gasteiger partial charge in [0.1, 0.15) is 5.82 Å². The van der Waals surface area contributed by atoms with Gasteiger partial charge in [-0.05, 0) is 55.0 Å². The smallest absolute Gasteiger partial charge is 0.278 e. The van der Waals surface area contributed by atoms with E-state index in [-0.39, 0.29) is 28.7 Å². The molecule has 0 atom stereocenters. The molecule has 2 aromatic carbocycles. The molecule has 0 radical (unpaired) electrons. The first-order chi connectivity index (χ1) is 18.8.